The van der Waals surface area contributed by atoms with Gasteiger partial charge in [0, 0.05) is 24.0 Å². The molecule has 4 nitrogen and oxygen atoms in total. The molecule has 1 N–H and O–H groups in total. The maximum absolute atomic E-state index is 13.0. The number of nitrogens with zero attached hydrogens (tertiary/aromatic N) is 1. The Bertz CT molecular complexity index is 856. The number of hydrogen-bond donors (Lipinski definition) is 1. The van der Waals surface area contributed by atoms with Gasteiger partial charge in [0.1, 0.15) is 5.60 Å². The molecular weight excluding hydrogens is 386 g/mol. The molecule has 1 saturated carbocycles. The second-order valence-corrected chi connectivity index (χ2v) is 10.1. The first-order valence-corrected chi connectivity index (χ1v) is 11.3. The summed E-state index contributed by atoms with van der Waals surface area (Å²) in [7, 11) is 0. The van der Waals surface area contributed by atoms with E-state index >= 15 is 0 Å². The lowest BCUT2D eigenvalue weighted by Gasteiger charge is -2.43. The molecule has 1 heterocycles. The Balaban J connectivity index is 2.12. The van der Waals surface area contributed by atoms with Gasteiger partial charge in [-0.25, -0.2) is 4.79 Å². The molecular formula is C27H37NO3. The van der Waals surface area contributed by atoms with Crippen LogP contribution in [0.1, 0.15) is 64.0 Å². The summed E-state index contributed by atoms with van der Waals surface area (Å²) in [6.07, 6.45) is 9.81. The molecule has 0 saturated heterocycles. The van der Waals surface area contributed by atoms with Crippen LogP contribution in [-0.4, -0.2) is 30.0 Å². The molecule has 1 amide bonds. The van der Waals surface area contributed by atoms with Gasteiger partial charge in [0.05, 0.1) is 5.69 Å². The second kappa shape index (κ2) is 8.66. The van der Waals surface area contributed by atoms with Crippen molar-refractivity contribution in [1.82, 2.24) is 0 Å². The number of carbonyl (C=O) groups is 1. The predicted octanol–water partition coefficient (Wildman–Crippen LogP) is 6.05. The third-order valence-electron chi connectivity index (χ3n) is 6.89. The summed E-state index contributed by atoms with van der Waals surface area (Å²) < 4.78 is 5.71. The van der Waals surface area contributed by atoms with Gasteiger partial charge in [-0.15, -0.1) is 19.7 Å². The summed E-state index contributed by atoms with van der Waals surface area (Å²) in [4.78, 5) is 14.8. The van der Waals surface area contributed by atoms with E-state index in [-0.39, 0.29) is 29.4 Å². The topological polar surface area (TPSA) is 49.8 Å². The first-order valence-electron chi connectivity index (χ1n) is 11.3. The molecule has 1 fully saturated rings. The lowest BCUT2D eigenvalue weighted by atomic mass is 9.68. The van der Waals surface area contributed by atoms with Crippen LogP contribution in [0.2, 0.25) is 0 Å². The largest absolute Gasteiger partial charge is 0.443 e. The highest BCUT2D eigenvalue weighted by molar-refractivity contribution is 5.90. The summed E-state index contributed by atoms with van der Waals surface area (Å²) in [5, 5.41) is 9.83. The molecule has 168 valence electrons. The van der Waals surface area contributed by atoms with Gasteiger partial charge in [0.15, 0.2) is 0 Å². The van der Waals surface area contributed by atoms with E-state index in [9.17, 15) is 9.90 Å². The number of aliphatic hydroxyl groups excluding tert-OH is 1. The van der Waals surface area contributed by atoms with E-state index in [1.165, 1.54) is 5.56 Å². The maximum atomic E-state index is 13.0. The number of anilines is 1. The predicted molar refractivity (Wildman–Crippen MR) is 128 cm³/mol. The Labute approximate surface area is 187 Å². The Kier molecular flexibility index (Phi) is 6.52. The summed E-state index contributed by atoms with van der Waals surface area (Å²) in [6, 6.07) is 6.44. The average molecular weight is 424 g/mol. The zero-order valence-corrected chi connectivity index (χ0v) is 19.3. The minimum atomic E-state index is -0.551. The second-order valence-electron chi connectivity index (χ2n) is 10.1. The van der Waals surface area contributed by atoms with Crippen molar-refractivity contribution < 1.29 is 14.6 Å². The number of amides is 1. The number of aliphatic hydroxyl groups is 1. The Hall–Kier alpha value is -2.33. The van der Waals surface area contributed by atoms with E-state index in [1.807, 2.05) is 39.0 Å². The molecule has 2 atom stereocenters. The van der Waals surface area contributed by atoms with E-state index in [1.54, 1.807) is 4.90 Å². The van der Waals surface area contributed by atoms with E-state index in [0.29, 0.717) is 6.54 Å². The average Bonchev–Trinajstić information content (AvgIpc) is 3.42. The highest BCUT2D eigenvalue weighted by atomic mass is 16.6. The van der Waals surface area contributed by atoms with Crippen molar-refractivity contribution in [3.63, 3.8) is 0 Å². The van der Waals surface area contributed by atoms with Crippen LogP contribution in [0.25, 0.3) is 0 Å². The van der Waals surface area contributed by atoms with Crippen LogP contribution in [0.4, 0.5) is 10.5 Å². The van der Waals surface area contributed by atoms with Gasteiger partial charge in [-0.2, -0.15) is 0 Å². The standard InChI is InChI=1S/C27H37NO3/c1-7-12-26(13-8-2)15-16-28(24(30)31-25(4,5)6)23-11-10-20(17-22(23)26)27(14-9-3)18-21(27)19-29/h7-11,17,21,29H,1-3,12-16,18-19H2,4-6H3. The summed E-state index contributed by atoms with van der Waals surface area (Å²) in [6.45, 7) is 18.4. The van der Waals surface area contributed by atoms with Gasteiger partial charge in [0.2, 0.25) is 0 Å². The van der Waals surface area contributed by atoms with Crippen molar-refractivity contribution in [2.24, 2.45) is 5.92 Å². The molecule has 1 aliphatic heterocycles. The van der Waals surface area contributed by atoms with Gasteiger partial charge in [-0.1, -0.05) is 30.4 Å². The molecule has 1 aliphatic carbocycles. The number of hydrogen-bond acceptors (Lipinski definition) is 3. The summed E-state index contributed by atoms with van der Waals surface area (Å²) in [5.74, 6) is 0.252. The molecule has 0 bridgehead atoms. The van der Waals surface area contributed by atoms with Crippen LogP contribution in [0.15, 0.2) is 56.2 Å². The Morgan fingerprint density at radius 2 is 1.84 bits per heavy atom. The first kappa shape index (κ1) is 23.3. The number of ether oxygens (including phenoxy) is 1. The lowest BCUT2D eigenvalue weighted by Crippen LogP contribution is -2.45. The Morgan fingerprint density at radius 3 is 2.35 bits per heavy atom. The molecule has 2 unspecified atom stereocenters. The fourth-order valence-corrected chi connectivity index (χ4v) is 5.25. The smallest absolute Gasteiger partial charge is 0.414 e. The van der Waals surface area contributed by atoms with Gasteiger partial charge >= 0.3 is 6.09 Å². The van der Waals surface area contributed by atoms with Crippen LogP contribution in [-0.2, 0) is 15.6 Å². The van der Waals surface area contributed by atoms with Gasteiger partial charge in [-0.3, -0.25) is 4.90 Å². The van der Waals surface area contributed by atoms with Crippen molar-refractivity contribution in [3.05, 3.63) is 67.3 Å². The quantitative estimate of drug-likeness (QED) is 0.518. The van der Waals surface area contributed by atoms with Crippen molar-refractivity contribution in [3.8, 4) is 0 Å². The number of fused-ring (bicyclic) bond motifs is 1. The van der Waals surface area contributed by atoms with E-state index in [0.717, 1.165) is 43.4 Å². The molecule has 0 radical (unpaired) electrons. The van der Waals surface area contributed by atoms with Crippen LogP contribution in [0.5, 0.6) is 0 Å². The number of rotatable bonds is 8. The minimum Gasteiger partial charge on any atom is -0.443 e. The first-order chi connectivity index (χ1) is 14.7. The normalized spacial score (nSPS) is 24.1. The molecule has 2 aliphatic rings. The fourth-order valence-electron chi connectivity index (χ4n) is 5.25. The zero-order valence-electron chi connectivity index (χ0n) is 19.3. The summed E-state index contributed by atoms with van der Waals surface area (Å²) >= 11 is 0. The lowest BCUT2D eigenvalue weighted by molar-refractivity contribution is 0.0573. The zero-order chi connectivity index (χ0) is 22.9. The highest BCUT2D eigenvalue weighted by Crippen LogP contribution is 2.58. The van der Waals surface area contributed by atoms with Crippen molar-refractivity contribution in [2.75, 3.05) is 18.1 Å². The molecule has 3 rings (SSSR count). The number of carbonyl (C=O) groups excluding carboxylic acids is 1. The molecule has 1 aromatic carbocycles. The van der Waals surface area contributed by atoms with E-state index in [4.69, 9.17) is 4.74 Å². The van der Waals surface area contributed by atoms with Crippen LogP contribution < -0.4 is 4.90 Å². The minimum absolute atomic E-state index is 0.0617. The molecule has 4 heteroatoms. The molecule has 1 aromatic rings. The van der Waals surface area contributed by atoms with Gasteiger partial charge in [-0.05, 0) is 76.0 Å². The molecule has 0 aromatic heterocycles. The monoisotopic (exact) mass is 423 g/mol. The molecule has 31 heavy (non-hydrogen) atoms. The highest BCUT2D eigenvalue weighted by Gasteiger charge is 2.54. The number of benzene rings is 1. The van der Waals surface area contributed by atoms with Crippen LogP contribution >= 0.6 is 0 Å². The SMILES string of the molecule is C=CCC1(CC=C)CCN(C(=O)OC(C)(C)C)c2ccc(C3(CC=C)CC3CO)cc21. The van der Waals surface area contributed by atoms with E-state index < -0.39 is 5.60 Å². The third-order valence-corrected chi connectivity index (χ3v) is 6.89. The third kappa shape index (κ3) is 4.36. The van der Waals surface area contributed by atoms with Gasteiger partial charge < -0.3 is 9.84 Å². The van der Waals surface area contributed by atoms with E-state index in [2.05, 4.69) is 37.9 Å². The van der Waals surface area contributed by atoms with Crippen molar-refractivity contribution in [1.29, 1.82) is 0 Å². The Morgan fingerprint density at radius 1 is 1.19 bits per heavy atom. The van der Waals surface area contributed by atoms with Gasteiger partial charge in [0.25, 0.3) is 0 Å². The fraction of sp³-hybridized carbons (Fsp3) is 0.519. The van der Waals surface area contributed by atoms with Crippen molar-refractivity contribution >= 4 is 11.8 Å². The van der Waals surface area contributed by atoms with Crippen molar-refractivity contribution in [2.45, 2.75) is 69.3 Å². The molecule has 0 spiro atoms. The van der Waals surface area contributed by atoms with Crippen LogP contribution in [0, 0.1) is 5.92 Å². The summed E-state index contributed by atoms with van der Waals surface area (Å²) in [5.41, 5.74) is 2.51. The number of allylic oxidation sites excluding steroid dienone is 3. The maximum Gasteiger partial charge on any atom is 0.414 e. The van der Waals surface area contributed by atoms with Crippen LogP contribution in [0.3, 0.4) is 0 Å².